The van der Waals surface area contributed by atoms with E-state index < -0.39 is 0 Å². The first-order valence-electron chi connectivity index (χ1n) is 3.12. The van der Waals surface area contributed by atoms with E-state index >= 15 is 0 Å². The Balaban J connectivity index is 3.05. The van der Waals surface area contributed by atoms with Crippen LogP contribution in [0.2, 0.25) is 0 Å². The van der Waals surface area contributed by atoms with Gasteiger partial charge < -0.3 is 5.73 Å². The van der Waals surface area contributed by atoms with Crippen molar-refractivity contribution in [3.8, 4) is 0 Å². The number of anilines is 1. The molecule has 0 saturated heterocycles. The Labute approximate surface area is 60.2 Å². The molecule has 10 heavy (non-hydrogen) atoms. The fourth-order valence-corrected chi connectivity index (χ4v) is 0.824. The van der Waals surface area contributed by atoms with Crippen LogP contribution in [0.5, 0.6) is 0 Å². The van der Waals surface area contributed by atoms with Crippen molar-refractivity contribution in [2.24, 2.45) is 0 Å². The third-order valence-corrected chi connectivity index (χ3v) is 1.37. The van der Waals surface area contributed by atoms with Gasteiger partial charge in [0, 0.05) is 0 Å². The van der Waals surface area contributed by atoms with Crippen LogP contribution in [-0.2, 0) is 0 Å². The molecule has 0 aliphatic carbocycles. The number of quaternary nitrogens is 1. The zero-order valence-electron chi connectivity index (χ0n) is 6.55. The van der Waals surface area contributed by atoms with Crippen LogP contribution in [0, 0.1) is 0 Å². The molecule has 0 aliphatic heterocycles. The summed E-state index contributed by atoms with van der Waals surface area (Å²) in [5.74, 6) is 0.646. The Bertz CT molecular complexity index is 220. The molecule has 0 amide bonds. The van der Waals surface area contributed by atoms with Crippen molar-refractivity contribution in [2.75, 3.05) is 26.9 Å². The molecule has 1 aromatic heterocycles. The first-order chi connectivity index (χ1) is 4.52. The number of hydrogen-bond acceptors (Lipinski definition) is 2. The van der Waals surface area contributed by atoms with Gasteiger partial charge in [-0.3, -0.25) is 9.58 Å². The predicted molar refractivity (Wildman–Crippen MR) is 42.6 cm³/mol. The molecule has 0 bridgehead atoms. The lowest BCUT2D eigenvalue weighted by Crippen LogP contribution is -2.35. The van der Waals surface area contributed by atoms with Crippen LogP contribution >= 0.6 is 0 Å². The van der Waals surface area contributed by atoms with Gasteiger partial charge in [-0.1, -0.05) is 0 Å². The van der Waals surface area contributed by atoms with Crippen molar-refractivity contribution in [1.82, 2.24) is 14.7 Å². The van der Waals surface area contributed by atoms with E-state index in [0.29, 0.717) is 10.3 Å². The van der Waals surface area contributed by atoms with Crippen LogP contribution in [0.1, 0.15) is 0 Å². The molecule has 0 saturated carbocycles. The molecule has 4 nitrogen and oxygen atoms in total. The maximum atomic E-state index is 5.59. The molecule has 1 rings (SSSR count). The van der Waals surface area contributed by atoms with Crippen LogP contribution in [0.25, 0.3) is 0 Å². The van der Waals surface area contributed by atoms with Gasteiger partial charge in [-0.2, -0.15) is 5.10 Å². The lowest BCUT2D eigenvalue weighted by Gasteiger charge is -2.21. The van der Waals surface area contributed by atoms with Crippen LogP contribution in [-0.4, -0.2) is 31.3 Å². The number of aromatic nitrogens is 2. The second kappa shape index (κ2) is 1.98. The van der Waals surface area contributed by atoms with Crippen LogP contribution in [0.3, 0.4) is 0 Å². The maximum absolute atomic E-state index is 5.59. The highest BCUT2D eigenvalue weighted by molar-refractivity contribution is 5.58. The standard InChI is InChI=1S/C6H13N4/c1-10(2,3)5-4-8-9-6(5)7/h4H,1-3H3,(H3,7,8,9)/q+1. The Morgan fingerprint density at radius 2 is 2.10 bits per heavy atom. The molecule has 56 valence electrons. The Kier molecular flexibility index (Phi) is 1.40. The van der Waals surface area contributed by atoms with E-state index in [2.05, 4.69) is 10.2 Å². The van der Waals surface area contributed by atoms with E-state index in [9.17, 15) is 0 Å². The van der Waals surface area contributed by atoms with Gasteiger partial charge in [-0.15, -0.1) is 0 Å². The number of nitrogens with two attached hydrogens (primary N) is 1. The molecule has 0 fully saturated rings. The number of hydrogen-bond donors (Lipinski definition) is 2. The highest BCUT2D eigenvalue weighted by atomic mass is 15.3. The van der Waals surface area contributed by atoms with Gasteiger partial charge in [0.2, 0.25) is 0 Å². The summed E-state index contributed by atoms with van der Waals surface area (Å²) in [6.45, 7) is 0. The lowest BCUT2D eigenvalue weighted by molar-refractivity contribution is 0.488. The summed E-state index contributed by atoms with van der Waals surface area (Å²) in [4.78, 5) is 0. The minimum absolute atomic E-state index is 0.646. The summed E-state index contributed by atoms with van der Waals surface area (Å²) in [6, 6.07) is 0. The summed E-state index contributed by atoms with van der Waals surface area (Å²) in [7, 11) is 6.13. The number of H-pyrrole nitrogens is 1. The van der Waals surface area contributed by atoms with Crippen molar-refractivity contribution >= 4 is 11.5 Å². The molecule has 0 spiro atoms. The van der Waals surface area contributed by atoms with Crippen LogP contribution in [0.15, 0.2) is 6.20 Å². The average molecular weight is 141 g/mol. The van der Waals surface area contributed by atoms with Gasteiger partial charge in [0.15, 0.2) is 11.5 Å². The van der Waals surface area contributed by atoms with E-state index in [-0.39, 0.29) is 0 Å². The van der Waals surface area contributed by atoms with Crippen LogP contribution in [0.4, 0.5) is 11.5 Å². The zero-order valence-corrected chi connectivity index (χ0v) is 6.55. The van der Waals surface area contributed by atoms with Gasteiger partial charge in [-0.25, -0.2) is 0 Å². The smallest absolute Gasteiger partial charge is 0.194 e. The molecule has 0 atom stereocenters. The Hall–Kier alpha value is -1.03. The number of aromatic amines is 1. The molecule has 0 aliphatic rings. The van der Waals surface area contributed by atoms with Crippen molar-refractivity contribution < 1.29 is 0 Å². The molecule has 0 unspecified atom stereocenters. The molecule has 0 radical (unpaired) electrons. The predicted octanol–water partition coefficient (Wildman–Crippen LogP) is 0.189. The third-order valence-electron chi connectivity index (χ3n) is 1.37. The van der Waals surface area contributed by atoms with Crippen molar-refractivity contribution in [3.63, 3.8) is 0 Å². The fraction of sp³-hybridized carbons (Fsp3) is 0.500. The highest BCUT2D eigenvalue weighted by Gasteiger charge is 2.16. The Morgan fingerprint density at radius 1 is 1.50 bits per heavy atom. The first-order valence-corrected chi connectivity index (χ1v) is 3.12. The summed E-state index contributed by atoms with van der Waals surface area (Å²) < 4.78 is 0.697. The molecular formula is C6H13N4+. The summed E-state index contributed by atoms with van der Waals surface area (Å²) in [5.41, 5.74) is 6.61. The van der Waals surface area contributed by atoms with Gasteiger partial charge in [0.25, 0.3) is 0 Å². The zero-order chi connectivity index (χ0) is 7.78. The second-order valence-corrected chi connectivity index (χ2v) is 3.18. The SMILES string of the molecule is C[N+](C)(C)c1cn[nH]c1N. The molecule has 3 N–H and O–H groups in total. The van der Waals surface area contributed by atoms with Gasteiger partial charge in [-0.05, 0) is 0 Å². The van der Waals surface area contributed by atoms with E-state index in [4.69, 9.17) is 5.73 Å². The molecule has 0 aromatic carbocycles. The highest BCUT2D eigenvalue weighted by Crippen LogP contribution is 2.20. The average Bonchev–Trinajstić information content (AvgIpc) is 2.11. The van der Waals surface area contributed by atoms with Crippen molar-refractivity contribution in [2.45, 2.75) is 0 Å². The van der Waals surface area contributed by atoms with Crippen molar-refractivity contribution in [1.29, 1.82) is 0 Å². The van der Waals surface area contributed by atoms with Gasteiger partial charge >= 0.3 is 0 Å². The van der Waals surface area contributed by atoms with Gasteiger partial charge in [0.05, 0.1) is 21.1 Å². The molecule has 1 aromatic rings. The van der Waals surface area contributed by atoms with E-state index in [1.807, 2.05) is 21.1 Å². The normalized spacial score (nSPS) is 11.9. The topological polar surface area (TPSA) is 54.7 Å². The Morgan fingerprint density at radius 3 is 2.30 bits per heavy atom. The van der Waals surface area contributed by atoms with E-state index in [0.717, 1.165) is 5.69 Å². The first kappa shape index (κ1) is 7.08. The number of nitrogens with zero attached hydrogens (tertiary/aromatic N) is 2. The lowest BCUT2D eigenvalue weighted by atomic mass is 10.4. The maximum Gasteiger partial charge on any atom is 0.194 e. The molecular weight excluding hydrogens is 128 g/mol. The summed E-state index contributed by atoms with van der Waals surface area (Å²) >= 11 is 0. The van der Waals surface area contributed by atoms with Crippen LogP contribution < -0.4 is 10.2 Å². The third kappa shape index (κ3) is 1.11. The van der Waals surface area contributed by atoms with Gasteiger partial charge in [0.1, 0.15) is 6.20 Å². The molecule has 4 heteroatoms. The minimum atomic E-state index is 0.646. The number of rotatable bonds is 1. The molecule has 1 heterocycles. The van der Waals surface area contributed by atoms with Crippen molar-refractivity contribution in [3.05, 3.63) is 6.20 Å². The largest absolute Gasteiger partial charge is 0.379 e. The monoisotopic (exact) mass is 141 g/mol. The minimum Gasteiger partial charge on any atom is -0.379 e. The number of nitrogen functional groups attached to an aromatic ring is 1. The quantitative estimate of drug-likeness (QED) is 0.548. The van der Waals surface area contributed by atoms with E-state index in [1.54, 1.807) is 6.20 Å². The summed E-state index contributed by atoms with van der Waals surface area (Å²) in [5, 5.41) is 6.51. The number of nitrogens with one attached hydrogen (secondary N) is 1. The fourth-order valence-electron chi connectivity index (χ4n) is 0.824. The van der Waals surface area contributed by atoms with E-state index in [1.165, 1.54) is 0 Å². The summed E-state index contributed by atoms with van der Waals surface area (Å²) in [6.07, 6.45) is 1.75. The second-order valence-electron chi connectivity index (χ2n) is 3.18.